The summed E-state index contributed by atoms with van der Waals surface area (Å²) in [5.74, 6) is -1.75. The fraction of sp³-hybridized carbons (Fsp3) is 0.0833. The largest absolute Gasteiger partial charge is 0.434 e. The van der Waals surface area contributed by atoms with E-state index in [1.165, 1.54) is 0 Å². The molecule has 0 saturated carbocycles. The molecule has 2 aromatic rings. The van der Waals surface area contributed by atoms with Crippen molar-refractivity contribution in [1.82, 2.24) is 9.97 Å². The molecule has 0 saturated heterocycles. The number of benzene rings is 1. The fourth-order valence-corrected chi connectivity index (χ4v) is 1.69. The maximum absolute atomic E-state index is 13.2. The van der Waals surface area contributed by atoms with Gasteiger partial charge in [0, 0.05) is 11.6 Å². The van der Waals surface area contributed by atoms with Crippen molar-refractivity contribution in [3.05, 3.63) is 29.6 Å². The third kappa shape index (κ3) is 2.94. The summed E-state index contributed by atoms with van der Waals surface area (Å²) in [6, 6.07) is 4.63. The molecule has 0 amide bonds. The Balaban J connectivity index is 2.70. The molecule has 0 fully saturated rings. The van der Waals surface area contributed by atoms with E-state index in [1.807, 2.05) is 0 Å². The molecular formula is C12H8F3N5O. The lowest BCUT2D eigenvalue weighted by Crippen LogP contribution is -2.07. The maximum atomic E-state index is 13.2. The molecule has 0 unspecified atom stereocenters. The number of halogens is 3. The second kappa shape index (κ2) is 5.54. The van der Waals surface area contributed by atoms with Crippen LogP contribution in [0.15, 0.2) is 18.2 Å². The second-order valence-corrected chi connectivity index (χ2v) is 3.82. The summed E-state index contributed by atoms with van der Waals surface area (Å²) in [4.78, 5) is 7.39. The summed E-state index contributed by atoms with van der Waals surface area (Å²) in [7, 11) is 0. The Morgan fingerprint density at radius 2 is 1.95 bits per heavy atom. The highest BCUT2D eigenvalue weighted by Gasteiger charge is 2.19. The molecule has 4 N–H and O–H groups in total. The number of nitrogen functional groups attached to an aromatic ring is 2. The molecule has 0 aliphatic heterocycles. The normalized spacial score (nSPS) is 10.4. The number of hydrogen-bond acceptors (Lipinski definition) is 6. The predicted molar refractivity (Wildman–Crippen MR) is 67.6 cm³/mol. The molecule has 21 heavy (non-hydrogen) atoms. The predicted octanol–water partition coefficient (Wildman–Crippen LogP) is 1.92. The van der Waals surface area contributed by atoms with Crippen molar-refractivity contribution in [1.29, 1.82) is 5.26 Å². The Hall–Kier alpha value is -3.02. The van der Waals surface area contributed by atoms with Crippen molar-refractivity contribution in [3.63, 3.8) is 0 Å². The smallest absolute Gasteiger partial charge is 0.387 e. The van der Waals surface area contributed by atoms with Crippen molar-refractivity contribution < 1.29 is 17.9 Å². The van der Waals surface area contributed by atoms with E-state index in [-0.39, 0.29) is 28.6 Å². The van der Waals surface area contributed by atoms with Crippen molar-refractivity contribution in [2.75, 3.05) is 11.5 Å². The highest BCUT2D eigenvalue weighted by Crippen LogP contribution is 2.34. The van der Waals surface area contributed by atoms with Crippen molar-refractivity contribution in [2.24, 2.45) is 0 Å². The lowest BCUT2D eigenvalue weighted by Gasteiger charge is -2.12. The van der Waals surface area contributed by atoms with E-state index in [4.69, 9.17) is 16.7 Å². The van der Waals surface area contributed by atoms with Gasteiger partial charge in [0.25, 0.3) is 0 Å². The van der Waals surface area contributed by atoms with E-state index in [0.29, 0.717) is 0 Å². The van der Waals surface area contributed by atoms with Gasteiger partial charge in [-0.2, -0.15) is 19.0 Å². The highest BCUT2D eigenvalue weighted by atomic mass is 19.3. The van der Waals surface area contributed by atoms with Crippen molar-refractivity contribution >= 4 is 11.8 Å². The zero-order chi connectivity index (χ0) is 15.6. The monoisotopic (exact) mass is 295 g/mol. The third-order valence-corrected chi connectivity index (χ3v) is 2.48. The summed E-state index contributed by atoms with van der Waals surface area (Å²) < 4.78 is 42.2. The Morgan fingerprint density at radius 1 is 1.24 bits per heavy atom. The van der Waals surface area contributed by atoms with E-state index in [1.54, 1.807) is 6.07 Å². The molecule has 0 atom stereocenters. The number of aromatic nitrogens is 2. The second-order valence-electron chi connectivity index (χ2n) is 3.82. The van der Waals surface area contributed by atoms with Crippen LogP contribution in [-0.2, 0) is 0 Å². The van der Waals surface area contributed by atoms with Crippen molar-refractivity contribution in [3.8, 4) is 23.1 Å². The topological polar surface area (TPSA) is 111 Å². The number of hydrogen-bond donors (Lipinski definition) is 2. The number of alkyl halides is 2. The zero-order valence-corrected chi connectivity index (χ0v) is 10.3. The lowest BCUT2D eigenvalue weighted by molar-refractivity contribution is -0.0496. The first-order chi connectivity index (χ1) is 9.92. The van der Waals surface area contributed by atoms with Crippen LogP contribution in [0.3, 0.4) is 0 Å². The fourth-order valence-electron chi connectivity index (χ4n) is 1.69. The molecule has 0 radical (unpaired) electrons. The zero-order valence-electron chi connectivity index (χ0n) is 10.3. The Kier molecular flexibility index (Phi) is 3.80. The van der Waals surface area contributed by atoms with Crippen LogP contribution in [0.5, 0.6) is 5.75 Å². The average molecular weight is 295 g/mol. The summed E-state index contributed by atoms with van der Waals surface area (Å²) in [6.45, 7) is -3.17. The number of anilines is 2. The van der Waals surface area contributed by atoms with Crippen LogP contribution in [-0.4, -0.2) is 16.6 Å². The van der Waals surface area contributed by atoms with Gasteiger partial charge in [-0.1, -0.05) is 0 Å². The summed E-state index contributed by atoms with van der Waals surface area (Å²) in [5.41, 5.74) is 10.6. The number of nitrogens with zero attached hydrogens (tertiary/aromatic N) is 3. The lowest BCUT2D eigenvalue weighted by atomic mass is 10.1. The Labute approximate surface area is 116 Å². The molecule has 0 bridgehead atoms. The maximum Gasteiger partial charge on any atom is 0.387 e. The van der Waals surface area contributed by atoms with Gasteiger partial charge in [-0.05, 0) is 12.1 Å². The SMILES string of the molecule is N#Cc1c(N)nc(N)nc1-c1ccc(F)cc1OC(F)F. The summed E-state index contributed by atoms with van der Waals surface area (Å²) in [6.07, 6.45) is 0. The van der Waals surface area contributed by atoms with Crippen LogP contribution >= 0.6 is 0 Å². The number of nitrogens with two attached hydrogens (primary N) is 2. The van der Waals surface area contributed by atoms with Gasteiger partial charge in [-0.3, -0.25) is 0 Å². The van der Waals surface area contributed by atoms with Gasteiger partial charge in [0.15, 0.2) is 0 Å². The van der Waals surface area contributed by atoms with Crippen LogP contribution in [0.2, 0.25) is 0 Å². The van der Waals surface area contributed by atoms with Crippen LogP contribution in [0.4, 0.5) is 24.9 Å². The van der Waals surface area contributed by atoms with Gasteiger partial charge in [0.1, 0.15) is 29.0 Å². The molecule has 1 aromatic carbocycles. The molecule has 108 valence electrons. The van der Waals surface area contributed by atoms with E-state index >= 15 is 0 Å². The molecule has 1 heterocycles. The number of rotatable bonds is 3. The van der Waals surface area contributed by atoms with Crippen LogP contribution in [0.25, 0.3) is 11.3 Å². The first-order valence-corrected chi connectivity index (χ1v) is 5.50. The van der Waals surface area contributed by atoms with Gasteiger partial charge in [-0.25, -0.2) is 9.37 Å². The standard InChI is InChI=1S/C12H8F3N5O/c13-5-1-2-6(8(3-5)21-11(14)15)9-7(4-16)10(17)20-12(18)19-9/h1-3,11H,(H4,17,18,19,20). The number of nitriles is 1. The number of ether oxygens (including phenoxy) is 1. The van der Waals surface area contributed by atoms with Gasteiger partial charge in [0.2, 0.25) is 5.95 Å². The average Bonchev–Trinajstić information content (AvgIpc) is 2.37. The molecule has 6 nitrogen and oxygen atoms in total. The van der Waals surface area contributed by atoms with Crippen LogP contribution in [0.1, 0.15) is 5.56 Å². The summed E-state index contributed by atoms with van der Waals surface area (Å²) >= 11 is 0. The third-order valence-electron chi connectivity index (χ3n) is 2.48. The van der Waals surface area contributed by atoms with Gasteiger partial charge >= 0.3 is 6.61 Å². The minimum absolute atomic E-state index is 0.0472. The molecule has 0 aliphatic rings. The van der Waals surface area contributed by atoms with Crippen LogP contribution in [0, 0.1) is 17.1 Å². The Bertz CT molecular complexity index is 730. The van der Waals surface area contributed by atoms with E-state index in [0.717, 1.165) is 18.2 Å². The van der Waals surface area contributed by atoms with E-state index in [2.05, 4.69) is 14.7 Å². The molecule has 0 aliphatic carbocycles. The van der Waals surface area contributed by atoms with Gasteiger partial charge in [-0.15, -0.1) is 0 Å². The first kappa shape index (κ1) is 14.4. The first-order valence-electron chi connectivity index (χ1n) is 5.50. The van der Waals surface area contributed by atoms with E-state index < -0.39 is 18.2 Å². The highest BCUT2D eigenvalue weighted by molar-refractivity contribution is 5.77. The minimum Gasteiger partial charge on any atom is -0.434 e. The van der Waals surface area contributed by atoms with E-state index in [9.17, 15) is 13.2 Å². The molecule has 1 aromatic heterocycles. The van der Waals surface area contributed by atoms with Crippen LogP contribution < -0.4 is 16.2 Å². The Morgan fingerprint density at radius 3 is 2.57 bits per heavy atom. The minimum atomic E-state index is -3.17. The van der Waals surface area contributed by atoms with Crippen molar-refractivity contribution in [2.45, 2.75) is 6.61 Å². The molecule has 9 heteroatoms. The van der Waals surface area contributed by atoms with Gasteiger partial charge < -0.3 is 16.2 Å². The molecular weight excluding hydrogens is 287 g/mol. The summed E-state index contributed by atoms with van der Waals surface area (Å²) in [5, 5.41) is 9.06. The quantitative estimate of drug-likeness (QED) is 0.894. The molecule has 0 spiro atoms. The molecule has 2 rings (SSSR count). The van der Waals surface area contributed by atoms with Gasteiger partial charge in [0.05, 0.1) is 5.69 Å².